The van der Waals surface area contributed by atoms with E-state index in [1.54, 1.807) is 0 Å². The van der Waals surface area contributed by atoms with Crippen LogP contribution in [0.2, 0.25) is 0 Å². The Labute approximate surface area is 175 Å². The third-order valence-electron chi connectivity index (χ3n) is 6.26. The first-order valence-corrected chi connectivity index (χ1v) is 11.2. The zero-order valence-electron chi connectivity index (χ0n) is 18.1. The summed E-state index contributed by atoms with van der Waals surface area (Å²) >= 11 is 0. The molecule has 2 heterocycles. The molecule has 2 amide bonds. The highest BCUT2D eigenvalue weighted by molar-refractivity contribution is 5.83. The third kappa shape index (κ3) is 5.58. The Balaban J connectivity index is 1.65. The highest BCUT2D eigenvalue weighted by Gasteiger charge is 2.34. The standard InChI is InChI=1S/C23H36N4O2/c1-3-25(4-2)21(28)19-24-15-17-26(18-16-24)22(20-11-7-5-8-12-20)23(29)27-13-9-6-10-14-27/h5,7-8,11-12,22H,3-4,6,9-10,13-19H2,1-2H3. The number of hydrogen-bond acceptors (Lipinski definition) is 4. The maximum atomic E-state index is 13.4. The molecule has 2 fully saturated rings. The zero-order chi connectivity index (χ0) is 20.6. The van der Waals surface area contributed by atoms with Crippen molar-refractivity contribution >= 4 is 11.8 Å². The van der Waals surface area contributed by atoms with Crippen LogP contribution in [-0.4, -0.2) is 90.3 Å². The Morgan fingerprint density at radius 2 is 1.52 bits per heavy atom. The molecule has 2 aliphatic heterocycles. The smallest absolute Gasteiger partial charge is 0.244 e. The molecule has 1 unspecified atom stereocenters. The van der Waals surface area contributed by atoms with Crippen molar-refractivity contribution in [1.29, 1.82) is 0 Å². The average Bonchev–Trinajstić information content (AvgIpc) is 2.77. The maximum absolute atomic E-state index is 13.4. The number of rotatable bonds is 7. The molecule has 0 bridgehead atoms. The summed E-state index contributed by atoms with van der Waals surface area (Å²) in [6.45, 7) is 11.1. The van der Waals surface area contributed by atoms with Crippen molar-refractivity contribution in [2.45, 2.75) is 39.2 Å². The van der Waals surface area contributed by atoms with E-state index in [2.05, 4.69) is 26.8 Å². The molecule has 2 saturated heterocycles. The van der Waals surface area contributed by atoms with Gasteiger partial charge in [-0.15, -0.1) is 0 Å². The van der Waals surface area contributed by atoms with Crippen LogP contribution in [0.15, 0.2) is 30.3 Å². The minimum Gasteiger partial charge on any atom is -0.342 e. The number of benzene rings is 1. The van der Waals surface area contributed by atoms with E-state index in [4.69, 9.17) is 0 Å². The normalized spacial score (nSPS) is 19.7. The Bertz CT molecular complexity index is 648. The molecule has 160 valence electrons. The van der Waals surface area contributed by atoms with Gasteiger partial charge in [0.25, 0.3) is 0 Å². The van der Waals surface area contributed by atoms with Crippen molar-refractivity contribution in [3.8, 4) is 0 Å². The molecule has 1 aromatic rings. The van der Waals surface area contributed by atoms with Crippen LogP contribution in [0.25, 0.3) is 0 Å². The van der Waals surface area contributed by atoms with E-state index < -0.39 is 0 Å². The fraction of sp³-hybridized carbons (Fsp3) is 0.652. The number of amides is 2. The molecule has 29 heavy (non-hydrogen) atoms. The molecule has 2 aliphatic rings. The first-order chi connectivity index (χ1) is 14.1. The van der Waals surface area contributed by atoms with Gasteiger partial charge in [-0.2, -0.15) is 0 Å². The first kappa shape index (κ1) is 21.8. The summed E-state index contributed by atoms with van der Waals surface area (Å²) < 4.78 is 0. The van der Waals surface area contributed by atoms with Crippen molar-refractivity contribution < 1.29 is 9.59 Å². The van der Waals surface area contributed by atoms with Crippen LogP contribution in [0.5, 0.6) is 0 Å². The topological polar surface area (TPSA) is 47.1 Å². The summed E-state index contributed by atoms with van der Waals surface area (Å²) in [5.41, 5.74) is 1.08. The molecule has 0 radical (unpaired) electrons. The largest absolute Gasteiger partial charge is 0.342 e. The van der Waals surface area contributed by atoms with E-state index in [1.165, 1.54) is 6.42 Å². The number of hydrogen-bond donors (Lipinski definition) is 0. The Kier molecular flexibility index (Phi) is 8.07. The minimum atomic E-state index is -0.213. The Morgan fingerprint density at radius 1 is 0.897 bits per heavy atom. The van der Waals surface area contributed by atoms with Crippen LogP contribution in [0, 0.1) is 0 Å². The van der Waals surface area contributed by atoms with Gasteiger partial charge in [0.05, 0.1) is 6.54 Å². The van der Waals surface area contributed by atoms with E-state index in [9.17, 15) is 9.59 Å². The molecule has 6 nitrogen and oxygen atoms in total. The highest BCUT2D eigenvalue weighted by atomic mass is 16.2. The predicted octanol–water partition coefficient (Wildman–Crippen LogP) is 2.23. The number of piperidine rings is 1. The number of likely N-dealkylation sites (N-methyl/N-ethyl adjacent to an activating group) is 1. The Hall–Kier alpha value is -1.92. The second kappa shape index (κ2) is 10.7. The van der Waals surface area contributed by atoms with Gasteiger partial charge < -0.3 is 9.80 Å². The van der Waals surface area contributed by atoms with Crippen LogP contribution in [0.4, 0.5) is 0 Å². The van der Waals surface area contributed by atoms with Crippen molar-refractivity contribution in [2.24, 2.45) is 0 Å². The molecule has 6 heteroatoms. The van der Waals surface area contributed by atoms with E-state index >= 15 is 0 Å². The maximum Gasteiger partial charge on any atom is 0.244 e. The molecule has 0 spiro atoms. The molecule has 0 aliphatic carbocycles. The van der Waals surface area contributed by atoms with Crippen molar-refractivity contribution in [3.63, 3.8) is 0 Å². The first-order valence-electron chi connectivity index (χ1n) is 11.2. The number of carbonyl (C=O) groups is 2. The summed E-state index contributed by atoms with van der Waals surface area (Å²) in [5, 5.41) is 0. The molecule has 0 aromatic heterocycles. The van der Waals surface area contributed by atoms with Crippen molar-refractivity contribution in [2.75, 3.05) is 58.9 Å². The van der Waals surface area contributed by atoms with E-state index in [1.807, 2.05) is 36.9 Å². The number of likely N-dealkylation sites (tertiary alicyclic amines) is 1. The van der Waals surface area contributed by atoms with Crippen LogP contribution in [0.1, 0.15) is 44.7 Å². The Morgan fingerprint density at radius 3 is 2.10 bits per heavy atom. The number of nitrogens with zero attached hydrogens (tertiary/aromatic N) is 4. The predicted molar refractivity (Wildman–Crippen MR) is 116 cm³/mol. The van der Waals surface area contributed by atoms with Crippen LogP contribution < -0.4 is 0 Å². The van der Waals surface area contributed by atoms with E-state index in [0.29, 0.717) is 6.54 Å². The minimum absolute atomic E-state index is 0.201. The second-order valence-electron chi connectivity index (χ2n) is 8.08. The fourth-order valence-electron chi connectivity index (χ4n) is 4.48. The summed E-state index contributed by atoms with van der Waals surface area (Å²) in [7, 11) is 0. The lowest BCUT2D eigenvalue weighted by Crippen LogP contribution is -2.53. The number of carbonyl (C=O) groups excluding carboxylic acids is 2. The lowest BCUT2D eigenvalue weighted by molar-refractivity contribution is -0.140. The molecule has 0 saturated carbocycles. The summed E-state index contributed by atoms with van der Waals surface area (Å²) in [6.07, 6.45) is 3.43. The lowest BCUT2D eigenvalue weighted by Gasteiger charge is -2.41. The van der Waals surface area contributed by atoms with Gasteiger partial charge in [0.1, 0.15) is 6.04 Å². The van der Waals surface area contributed by atoms with Gasteiger partial charge in [-0.3, -0.25) is 19.4 Å². The molecule has 3 rings (SSSR count). The van der Waals surface area contributed by atoms with Crippen LogP contribution in [0.3, 0.4) is 0 Å². The zero-order valence-corrected chi connectivity index (χ0v) is 18.1. The number of piperazine rings is 1. The van der Waals surface area contributed by atoms with Gasteiger partial charge >= 0.3 is 0 Å². The summed E-state index contributed by atoms with van der Waals surface area (Å²) in [5.74, 6) is 0.441. The lowest BCUT2D eigenvalue weighted by atomic mass is 10.0. The van der Waals surface area contributed by atoms with Gasteiger partial charge in [0.15, 0.2) is 0 Å². The quantitative estimate of drug-likeness (QED) is 0.704. The summed E-state index contributed by atoms with van der Waals surface area (Å²) in [4.78, 5) is 34.3. The molecular formula is C23H36N4O2. The van der Waals surface area contributed by atoms with Gasteiger partial charge in [-0.1, -0.05) is 30.3 Å². The van der Waals surface area contributed by atoms with E-state index in [0.717, 1.165) is 70.8 Å². The van der Waals surface area contributed by atoms with Gasteiger partial charge in [-0.05, 0) is 38.7 Å². The van der Waals surface area contributed by atoms with E-state index in [-0.39, 0.29) is 17.9 Å². The average molecular weight is 401 g/mol. The van der Waals surface area contributed by atoms with Crippen LogP contribution >= 0.6 is 0 Å². The second-order valence-corrected chi connectivity index (χ2v) is 8.08. The summed E-state index contributed by atoms with van der Waals surface area (Å²) in [6, 6.07) is 9.97. The molecule has 0 N–H and O–H groups in total. The highest BCUT2D eigenvalue weighted by Crippen LogP contribution is 2.26. The van der Waals surface area contributed by atoms with Crippen molar-refractivity contribution in [3.05, 3.63) is 35.9 Å². The van der Waals surface area contributed by atoms with Crippen LogP contribution in [-0.2, 0) is 9.59 Å². The molecular weight excluding hydrogens is 364 g/mol. The van der Waals surface area contributed by atoms with Gasteiger partial charge in [0, 0.05) is 52.4 Å². The molecule has 1 atom stereocenters. The third-order valence-corrected chi connectivity index (χ3v) is 6.26. The molecule has 1 aromatic carbocycles. The SMILES string of the molecule is CCN(CC)C(=O)CN1CCN(C(C(=O)N2CCCCC2)c2ccccc2)CC1. The van der Waals surface area contributed by atoms with Gasteiger partial charge in [-0.25, -0.2) is 0 Å². The monoisotopic (exact) mass is 400 g/mol. The fourth-order valence-corrected chi connectivity index (χ4v) is 4.48. The van der Waals surface area contributed by atoms with Crippen molar-refractivity contribution in [1.82, 2.24) is 19.6 Å². The van der Waals surface area contributed by atoms with Gasteiger partial charge in [0.2, 0.25) is 11.8 Å².